The monoisotopic (exact) mass is 514 g/mol. The molecule has 0 bridgehead atoms. The predicted molar refractivity (Wildman–Crippen MR) is 124 cm³/mol. The number of nitrogens with zero attached hydrogens (tertiary/aromatic N) is 1. The van der Waals surface area contributed by atoms with Gasteiger partial charge in [0.05, 0.1) is 16.3 Å². The largest absolute Gasteiger partial charge is 0.423 e. The topological polar surface area (TPSA) is 79.2 Å². The molecular formula is C23H13BrCl2N2O3. The van der Waals surface area contributed by atoms with Crippen LogP contribution in [0.2, 0.25) is 10.0 Å². The Morgan fingerprint density at radius 1 is 1.03 bits per heavy atom. The van der Waals surface area contributed by atoms with Crippen molar-refractivity contribution in [3.8, 4) is 11.8 Å². The molecule has 0 aliphatic carbocycles. The number of nitriles is 1. The summed E-state index contributed by atoms with van der Waals surface area (Å²) in [5.74, 6) is -0.811. The summed E-state index contributed by atoms with van der Waals surface area (Å²) in [5.41, 5.74) is 1.14. The standard InChI is InChI=1S/C23H13BrCl2N2O3/c24-19-4-2-1-3-18(19)23(30)31-17-8-5-14(6-9-17)11-15(13-27)22(29)28-21-12-16(25)7-10-20(21)26/h1-12H,(H,28,29)/b15-11-. The molecule has 8 heteroatoms. The van der Waals surface area contributed by atoms with Crippen LogP contribution >= 0.6 is 39.1 Å². The normalized spacial score (nSPS) is 10.8. The van der Waals surface area contributed by atoms with Crippen molar-refractivity contribution in [1.82, 2.24) is 0 Å². The lowest BCUT2D eigenvalue weighted by Gasteiger charge is -2.08. The molecule has 0 spiro atoms. The van der Waals surface area contributed by atoms with E-state index in [-0.39, 0.29) is 5.57 Å². The summed E-state index contributed by atoms with van der Waals surface area (Å²) in [6.45, 7) is 0. The van der Waals surface area contributed by atoms with E-state index in [1.54, 1.807) is 60.7 Å². The lowest BCUT2D eigenvalue weighted by atomic mass is 10.1. The van der Waals surface area contributed by atoms with Gasteiger partial charge >= 0.3 is 5.97 Å². The minimum Gasteiger partial charge on any atom is -0.423 e. The number of carbonyl (C=O) groups excluding carboxylic acids is 2. The van der Waals surface area contributed by atoms with Crippen LogP contribution in [0.4, 0.5) is 5.69 Å². The Morgan fingerprint density at radius 3 is 2.42 bits per heavy atom. The Bertz CT molecular complexity index is 1220. The molecule has 1 N–H and O–H groups in total. The summed E-state index contributed by atoms with van der Waals surface area (Å²) in [4.78, 5) is 24.7. The molecule has 0 saturated carbocycles. The van der Waals surface area contributed by atoms with E-state index >= 15 is 0 Å². The summed E-state index contributed by atoms with van der Waals surface area (Å²) in [5, 5.41) is 12.6. The van der Waals surface area contributed by atoms with E-state index in [0.29, 0.717) is 37.1 Å². The molecule has 154 valence electrons. The molecule has 31 heavy (non-hydrogen) atoms. The maximum Gasteiger partial charge on any atom is 0.344 e. The van der Waals surface area contributed by atoms with E-state index in [1.165, 1.54) is 12.1 Å². The van der Waals surface area contributed by atoms with Crippen molar-refractivity contribution < 1.29 is 14.3 Å². The quantitative estimate of drug-likeness (QED) is 0.181. The Morgan fingerprint density at radius 2 is 1.74 bits per heavy atom. The average Bonchev–Trinajstić information content (AvgIpc) is 2.76. The molecule has 0 radical (unpaired) electrons. The third-order valence-electron chi connectivity index (χ3n) is 4.04. The fraction of sp³-hybridized carbons (Fsp3) is 0. The fourth-order valence-corrected chi connectivity index (χ4v) is 3.30. The minimum absolute atomic E-state index is 0.131. The van der Waals surface area contributed by atoms with Gasteiger partial charge in [0, 0.05) is 9.50 Å². The molecule has 1 amide bonds. The molecule has 0 aliphatic heterocycles. The van der Waals surface area contributed by atoms with Gasteiger partial charge in [-0.15, -0.1) is 0 Å². The van der Waals surface area contributed by atoms with Crippen molar-refractivity contribution in [3.05, 3.63) is 97.9 Å². The highest BCUT2D eigenvalue weighted by molar-refractivity contribution is 9.10. The second-order valence-corrected chi connectivity index (χ2v) is 7.88. The van der Waals surface area contributed by atoms with Crippen LogP contribution in [0, 0.1) is 11.3 Å². The fourth-order valence-electron chi connectivity index (χ4n) is 2.52. The van der Waals surface area contributed by atoms with Gasteiger partial charge in [0.25, 0.3) is 5.91 Å². The number of esters is 1. The Hall–Kier alpha value is -3.11. The van der Waals surface area contributed by atoms with Gasteiger partial charge in [0.1, 0.15) is 17.4 Å². The summed E-state index contributed by atoms with van der Waals surface area (Å²) in [6, 6.07) is 19.8. The molecule has 3 aromatic carbocycles. The Kier molecular flexibility index (Phi) is 7.48. The van der Waals surface area contributed by atoms with Gasteiger partial charge in [-0.25, -0.2) is 4.79 Å². The van der Waals surface area contributed by atoms with Crippen LogP contribution in [0.25, 0.3) is 6.08 Å². The summed E-state index contributed by atoms with van der Waals surface area (Å²) >= 11 is 15.3. The van der Waals surface area contributed by atoms with Crippen LogP contribution in [-0.4, -0.2) is 11.9 Å². The average molecular weight is 516 g/mol. The van der Waals surface area contributed by atoms with Gasteiger partial charge in [-0.3, -0.25) is 4.79 Å². The zero-order chi connectivity index (χ0) is 22.4. The Balaban J connectivity index is 1.72. The van der Waals surface area contributed by atoms with Gasteiger partial charge < -0.3 is 10.1 Å². The predicted octanol–water partition coefficient (Wildman–Crippen LogP) is 6.52. The van der Waals surface area contributed by atoms with Crippen molar-refractivity contribution in [1.29, 1.82) is 5.26 Å². The van der Waals surface area contributed by atoms with Crippen LogP contribution in [-0.2, 0) is 4.79 Å². The molecule has 0 unspecified atom stereocenters. The second-order valence-electron chi connectivity index (χ2n) is 6.19. The molecule has 3 rings (SSSR count). The number of carbonyl (C=O) groups is 2. The van der Waals surface area contributed by atoms with Crippen molar-refractivity contribution in [2.45, 2.75) is 0 Å². The van der Waals surface area contributed by atoms with Crippen LogP contribution in [0.15, 0.2) is 76.8 Å². The van der Waals surface area contributed by atoms with Crippen molar-refractivity contribution in [3.63, 3.8) is 0 Å². The van der Waals surface area contributed by atoms with Crippen molar-refractivity contribution in [2.75, 3.05) is 5.32 Å². The summed E-state index contributed by atoms with van der Waals surface area (Å²) in [6.07, 6.45) is 1.41. The number of hydrogen-bond acceptors (Lipinski definition) is 4. The van der Waals surface area contributed by atoms with Gasteiger partial charge in [0.2, 0.25) is 0 Å². The van der Waals surface area contributed by atoms with Gasteiger partial charge in [0.15, 0.2) is 0 Å². The van der Waals surface area contributed by atoms with Crippen LogP contribution < -0.4 is 10.1 Å². The molecular weight excluding hydrogens is 503 g/mol. The van der Waals surface area contributed by atoms with E-state index in [1.807, 2.05) is 6.07 Å². The van der Waals surface area contributed by atoms with Crippen molar-refractivity contribution >= 4 is 62.8 Å². The molecule has 5 nitrogen and oxygen atoms in total. The Labute approximate surface area is 197 Å². The first kappa shape index (κ1) is 22.6. The summed E-state index contributed by atoms with van der Waals surface area (Å²) < 4.78 is 5.99. The van der Waals surface area contributed by atoms with Gasteiger partial charge in [-0.05, 0) is 70.0 Å². The van der Waals surface area contributed by atoms with Crippen LogP contribution in [0.5, 0.6) is 5.75 Å². The zero-order valence-electron chi connectivity index (χ0n) is 15.7. The first-order chi connectivity index (χ1) is 14.9. The molecule has 3 aromatic rings. The molecule has 0 atom stereocenters. The van der Waals surface area contributed by atoms with E-state index in [4.69, 9.17) is 27.9 Å². The second kappa shape index (κ2) is 10.3. The zero-order valence-corrected chi connectivity index (χ0v) is 18.8. The molecule has 0 heterocycles. The highest BCUT2D eigenvalue weighted by Crippen LogP contribution is 2.26. The highest BCUT2D eigenvalue weighted by atomic mass is 79.9. The molecule has 0 aromatic heterocycles. The number of benzene rings is 3. The number of halogens is 3. The first-order valence-corrected chi connectivity index (χ1v) is 10.4. The van der Waals surface area contributed by atoms with Gasteiger partial charge in [-0.1, -0.05) is 47.5 Å². The van der Waals surface area contributed by atoms with Crippen LogP contribution in [0.1, 0.15) is 15.9 Å². The number of rotatable bonds is 5. The van der Waals surface area contributed by atoms with E-state index < -0.39 is 11.9 Å². The highest BCUT2D eigenvalue weighted by Gasteiger charge is 2.13. The lowest BCUT2D eigenvalue weighted by molar-refractivity contribution is -0.112. The number of ether oxygens (including phenoxy) is 1. The molecule has 0 fully saturated rings. The number of amides is 1. The third kappa shape index (κ3) is 5.96. The third-order valence-corrected chi connectivity index (χ3v) is 5.29. The minimum atomic E-state index is -0.629. The SMILES string of the molecule is N#C/C(=C/c1ccc(OC(=O)c2ccccc2Br)cc1)C(=O)Nc1cc(Cl)ccc1Cl. The number of hydrogen-bond donors (Lipinski definition) is 1. The van der Waals surface area contributed by atoms with Crippen molar-refractivity contribution in [2.24, 2.45) is 0 Å². The number of anilines is 1. The smallest absolute Gasteiger partial charge is 0.344 e. The maximum atomic E-state index is 12.4. The first-order valence-electron chi connectivity index (χ1n) is 8.82. The lowest BCUT2D eigenvalue weighted by Crippen LogP contribution is -2.13. The number of nitrogens with one attached hydrogen (secondary N) is 1. The van der Waals surface area contributed by atoms with Gasteiger partial charge in [-0.2, -0.15) is 5.26 Å². The van der Waals surface area contributed by atoms with Crippen LogP contribution in [0.3, 0.4) is 0 Å². The summed E-state index contributed by atoms with van der Waals surface area (Å²) in [7, 11) is 0. The van der Waals surface area contributed by atoms with E-state index in [9.17, 15) is 14.9 Å². The maximum absolute atomic E-state index is 12.4. The molecule has 0 aliphatic rings. The van der Waals surface area contributed by atoms with E-state index in [0.717, 1.165) is 0 Å². The van der Waals surface area contributed by atoms with E-state index in [2.05, 4.69) is 21.2 Å². The molecule has 0 saturated heterocycles.